The van der Waals surface area contributed by atoms with Gasteiger partial charge in [-0.05, 0) is 44.5 Å². The van der Waals surface area contributed by atoms with Crippen molar-refractivity contribution in [2.75, 3.05) is 5.73 Å². The lowest BCUT2D eigenvalue weighted by atomic mass is 9.99. The van der Waals surface area contributed by atoms with Gasteiger partial charge in [0.05, 0.1) is 35.6 Å². The average molecular weight is 389 g/mol. The molecule has 0 aliphatic carbocycles. The predicted molar refractivity (Wildman–Crippen MR) is 106 cm³/mol. The summed E-state index contributed by atoms with van der Waals surface area (Å²) in [6, 6.07) is 8.91. The van der Waals surface area contributed by atoms with E-state index in [1.807, 2.05) is 10.5 Å². The number of benzene rings is 1. The van der Waals surface area contributed by atoms with E-state index in [2.05, 4.69) is 11.1 Å². The topological polar surface area (TPSA) is 114 Å². The van der Waals surface area contributed by atoms with Crippen molar-refractivity contribution in [1.29, 1.82) is 5.26 Å². The summed E-state index contributed by atoms with van der Waals surface area (Å²) in [5.74, 6) is -0.478. The molecule has 3 aromatic rings. The molecule has 0 fully saturated rings. The van der Waals surface area contributed by atoms with Gasteiger partial charge in [0.1, 0.15) is 11.2 Å². The molecule has 146 valence electrons. The average Bonchev–Trinajstić information content (AvgIpc) is 3.22. The van der Waals surface area contributed by atoms with Crippen LogP contribution >= 0.6 is 0 Å². The third kappa shape index (κ3) is 3.06. The molecule has 0 atom stereocenters. The Kier molecular flexibility index (Phi) is 4.05. The van der Waals surface area contributed by atoms with E-state index in [0.717, 1.165) is 16.2 Å². The van der Waals surface area contributed by atoms with Crippen molar-refractivity contribution in [3.63, 3.8) is 0 Å². The van der Waals surface area contributed by atoms with Crippen molar-refractivity contribution in [2.24, 2.45) is 0 Å². The first-order chi connectivity index (χ1) is 13.7. The number of hydrogen-bond acceptors (Lipinski definition) is 6. The Hall–Kier alpha value is -3.86. The lowest BCUT2D eigenvalue weighted by molar-refractivity contribution is 0.0248. The fourth-order valence-electron chi connectivity index (χ4n) is 3.40. The summed E-state index contributed by atoms with van der Waals surface area (Å²) in [5, 5.41) is 9.08. The van der Waals surface area contributed by atoms with Gasteiger partial charge in [-0.3, -0.25) is 9.20 Å². The van der Waals surface area contributed by atoms with Crippen molar-refractivity contribution in [1.82, 2.24) is 14.3 Å². The number of imidazole rings is 1. The van der Waals surface area contributed by atoms with E-state index in [1.54, 1.807) is 51.4 Å². The second-order valence-electron chi connectivity index (χ2n) is 7.83. The number of nitrogen functional groups attached to an aromatic ring is 1. The summed E-state index contributed by atoms with van der Waals surface area (Å²) < 4.78 is 7.19. The molecule has 0 saturated heterocycles. The van der Waals surface area contributed by atoms with Gasteiger partial charge >= 0.3 is 6.09 Å². The number of fused-ring (bicyclic) bond motifs is 2. The summed E-state index contributed by atoms with van der Waals surface area (Å²) in [5.41, 5.74) is 9.19. The van der Waals surface area contributed by atoms with Crippen LogP contribution in [0.4, 0.5) is 10.5 Å². The van der Waals surface area contributed by atoms with Crippen molar-refractivity contribution in [2.45, 2.75) is 32.9 Å². The zero-order chi connectivity index (χ0) is 20.9. The normalized spacial score (nSPS) is 13.4. The van der Waals surface area contributed by atoms with E-state index in [0.29, 0.717) is 28.0 Å². The highest BCUT2D eigenvalue weighted by Crippen LogP contribution is 2.37. The van der Waals surface area contributed by atoms with Gasteiger partial charge in [0.2, 0.25) is 0 Å². The van der Waals surface area contributed by atoms with Crippen LogP contribution in [-0.4, -0.2) is 31.9 Å². The smallest absolute Gasteiger partial charge is 0.417 e. The van der Waals surface area contributed by atoms with Gasteiger partial charge in [0.15, 0.2) is 0 Å². The third-order valence-electron chi connectivity index (χ3n) is 4.65. The molecule has 1 aliphatic heterocycles. The summed E-state index contributed by atoms with van der Waals surface area (Å²) in [4.78, 5) is 30.9. The van der Waals surface area contributed by atoms with Gasteiger partial charge in [-0.15, -0.1) is 0 Å². The maximum Gasteiger partial charge on any atom is 0.417 e. The van der Waals surface area contributed by atoms with Crippen molar-refractivity contribution in [3.05, 3.63) is 53.3 Å². The van der Waals surface area contributed by atoms with Crippen molar-refractivity contribution in [3.8, 4) is 17.3 Å². The number of carbonyl (C=O) groups excluding carboxylic acids is 2. The highest BCUT2D eigenvalue weighted by Gasteiger charge is 2.38. The first kappa shape index (κ1) is 18.5. The Morgan fingerprint density at radius 1 is 1.31 bits per heavy atom. The molecule has 8 heteroatoms. The van der Waals surface area contributed by atoms with Gasteiger partial charge in [-0.1, -0.05) is 6.07 Å². The number of nitrogens with two attached hydrogens (primary N) is 1. The van der Waals surface area contributed by atoms with E-state index in [9.17, 15) is 9.59 Å². The van der Waals surface area contributed by atoms with Crippen LogP contribution < -0.4 is 5.73 Å². The largest absolute Gasteiger partial charge is 0.443 e. The molecule has 1 aromatic carbocycles. The van der Waals surface area contributed by atoms with Crippen LogP contribution in [0.3, 0.4) is 0 Å². The monoisotopic (exact) mass is 389 g/mol. The van der Waals surface area contributed by atoms with E-state index in [4.69, 9.17) is 15.7 Å². The SMILES string of the molecule is CC(C)(C)OC(=O)N1Cc2c(-c3cnc4cc(C#N)ccn34)ccc(N)c2C1=O. The van der Waals surface area contributed by atoms with Gasteiger partial charge in [-0.2, -0.15) is 5.26 Å². The Bertz CT molecular complexity index is 1210. The van der Waals surface area contributed by atoms with Gasteiger partial charge in [0, 0.05) is 17.4 Å². The Morgan fingerprint density at radius 2 is 2.07 bits per heavy atom. The zero-order valence-corrected chi connectivity index (χ0v) is 16.3. The van der Waals surface area contributed by atoms with E-state index in [1.165, 1.54) is 0 Å². The molecule has 4 rings (SSSR count). The minimum Gasteiger partial charge on any atom is -0.443 e. The maximum absolute atomic E-state index is 12.9. The molecule has 2 N–H and O–H groups in total. The predicted octanol–water partition coefficient (Wildman–Crippen LogP) is 3.35. The number of pyridine rings is 1. The van der Waals surface area contributed by atoms with Crippen LogP contribution in [0.25, 0.3) is 16.9 Å². The Balaban J connectivity index is 1.81. The highest BCUT2D eigenvalue weighted by molar-refractivity contribution is 6.11. The number of rotatable bonds is 1. The standard InChI is InChI=1S/C21H19N5O3/c1-21(2,3)29-20(28)26-11-14-13(4-5-15(23)18(14)19(26)27)16-10-24-17-8-12(9-22)6-7-25(16)17/h4-8,10H,11,23H2,1-3H3. The van der Waals surface area contributed by atoms with Crippen LogP contribution in [0, 0.1) is 11.3 Å². The van der Waals surface area contributed by atoms with E-state index in [-0.39, 0.29) is 6.54 Å². The molecule has 0 unspecified atom stereocenters. The van der Waals surface area contributed by atoms with Crippen LogP contribution in [0.1, 0.15) is 42.3 Å². The summed E-state index contributed by atoms with van der Waals surface area (Å²) in [6.45, 7) is 5.29. The summed E-state index contributed by atoms with van der Waals surface area (Å²) in [6.07, 6.45) is 2.71. The van der Waals surface area contributed by atoms with Crippen LogP contribution in [0.2, 0.25) is 0 Å². The number of ether oxygens (including phenoxy) is 1. The highest BCUT2D eigenvalue weighted by atomic mass is 16.6. The molecule has 1 aliphatic rings. The zero-order valence-electron chi connectivity index (χ0n) is 16.3. The number of hydrogen-bond donors (Lipinski definition) is 1. The lowest BCUT2D eigenvalue weighted by Crippen LogP contribution is -2.37. The third-order valence-corrected chi connectivity index (χ3v) is 4.65. The van der Waals surface area contributed by atoms with Gasteiger partial charge < -0.3 is 10.5 Å². The fraction of sp³-hybridized carbons (Fsp3) is 0.238. The molecule has 2 aromatic heterocycles. The molecular weight excluding hydrogens is 370 g/mol. The number of carbonyl (C=O) groups is 2. The van der Waals surface area contributed by atoms with E-state index < -0.39 is 17.6 Å². The Morgan fingerprint density at radius 3 is 2.76 bits per heavy atom. The number of nitriles is 1. The second kappa shape index (κ2) is 6.34. The summed E-state index contributed by atoms with van der Waals surface area (Å²) in [7, 11) is 0. The minimum atomic E-state index is -0.722. The maximum atomic E-state index is 12.9. The lowest BCUT2D eigenvalue weighted by Gasteiger charge is -2.23. The van der Waals surface area contributed by atoms with Gasteiger partial charge in [-0.25, -0.2) is 14.7 Å². The second-order valence-corrected chi connectivity index (χ2v) is 7.83. The molecule has 0 saturated carbocycles. The van der Waals surface area contributed by atoms with E-state index >= 15 is 0 Å². The van der Waals surface area contributed by atoms with Gasteiger partial charge in [0.25, 0.3) is 5.91 Å². The van der Waals surface area contributed by atoms with Crippen molar-refractivity contribution < 1.29 is 14.3 Å². The molecule has 0 bridgehead atoms. The van der Waals surface area contributed by atoms with Crippen LogP contribution in [0.5, 0.6) is 0 Å². The molecule has 2 amide bonds. The van der Waals surface area contributed by atoms with Crippen LogP contribution in [-0.2, 0) is 11.3 Å². The van der Waals surface area contributed by atoms with Crippen LogP contribution in [0.15, 0.2) is 36.7 Å². The molecule has 0 spiro atoms. The summed E-state index contributed by atoms with van der Waals surface area (Å²) >= 11 is 0. The number of amides is 2. The molecule has 0 radical (unpaired) electrons. The first-order valence-electron chi connectivity index (χ1n) is 9.03. The number of nitrogens with zero attached hydrogens (tertiary/aromatic N) is 4. The fourth-order valence-corrected chi connectivity index (χ4v) is 3.40. The number of imide groups is 1. The first-order valence-corrected chi connectivity index (χ1v) is 9.03. The number of aromatic nitrogens is 2. The Labute approximate surface area is 167 Å². The quantitative estimate of drug-likeness (QED) is 0.639. The minimum absolute atomic E-state index is 0.0625. The molecule has 8 nitrogen and oxygen atoms in total. The molecule has 3 heterocycles. The molecular formula is C21H19N5O3. The molecule has 29 heavy (non-hydrogen) atoms. The van der Waals surface area contributed by atoms with Crippen molar-refractivity contribution >= 4 is 23.3 Å². The number of anilines is 1.